The Labute approximate surface area is 135 Å². The van der Waals surface area contributed by atoms with Crippen molar-refractivity contribution in [2.24, 2.45) is 0 Å². The summed E-state index contributed by atoms with van der Waals surface area (Å²) in [7, 11) is 0. The van der Waals surface area contributed by atoms with E-state index in [9.17, 15) is 4.79 Å². The molecule has 3 fully saturated rings. The fraction of sp³-hybridized carbons (Fsp3) is 0.706. The lowest BCUT2D eigenvalue weighted by Crippen LogP contribution is -2.38. The molecular formula is C17H24N2O2S. The summed E-state index contributed by atoms with van der Waals surface area (Å²) < 4.78 is 5.33. The number of amides is 1. The number of nitrogens with one attached hydrogen (secondary N) is 2. The zero-order valence-electron chi connectivity index (χ0n) is 12.8. The average molecular weight is 320 g/mol. The van der Waals surface area contributed by atoms with E-state index in [4.69, 9.17) is 4.74 Å². The summed E-state index contributed by atoms with van der Waals surface area (Å²) in [6.07, 6.45) is 7.15. The van der Waals surface area contributed by atoms with Gasteiger partial charge in [-0.15, -0.1) is 11.3 Å². The van der Waals surface area contributed by atoms with Crippen molar-refractivity contribution < 1.29 is 9.53 Å². The predicted molar refractivity (Wildman–Crippen MR) is 87.5 cm³/mol. The van der Waals surface area contributed by atoms with Crippen LogP contribution in [0.3, 0.4) is 0 Å². The molecule has 2 N–H and O–H groups in total. The van der Waals surface area contributed by atoms with E-state index in [1.165, 1.54) is 30.6 Å². The highest BCUT2D eigenvalue weighted by atomic mass is 32.1. The van der Waals surface area contributed by atoms with Gasteiger partial charge in [0, 0.05) is 47.5 Å². The molecule has 0 unspecified atom stereocenters. The average Bonchev–Trinajstić information content (AvgIpc) is 3.08. The van der Waals surface area contributed by atoms with E-state index in [0.29, 0.717) is 12.0 Å². The Kier molecular flexibility index (Phi) is 4.20. The van der Waals surface area contributed by atoms with Gasteiger partial charge in [-0.3, -0.25) is 4.79 Å². The molecule has 0 bridgehead atoms. The van der Waals surface area contributed by atoms with Crippen molar-refractivity contribution in [2.45, 2.75) is 62.6 Å². The van der Waals surface area contributed by atoms with E-state index in [1.807, 2.05) is 5.38 Å². The van der Waals surface area contributed by atoms with Crippen molar-refractivity contribution in [3.8, 4) is 0 Å². The number of ether oxygens (including phenoxy) is 1. The highest BCUT2D eigenvalue weighted by molar-refractivity contribution is 7.10. The first-order valence-corrected chi connectivity index (χ1v) is 9.40. The normalized spacial score (nSPS) is 29.1. The maximum Gasteiger partial charge on any atom is 0.252 e. The quantitative estimate of drug-likeness (QED) is 0.877. The second kappa shape index (κ2) is 6.30. The van der Waals surface area contributed by atoms with Crippen LogP contribution in [0.5, 0.6) is 0 Å². The van der Waals surface area contributed by atoms with Crippen LogP contribution in [0, 0.1) is 0 Å². The SMILES string of the molecule is O=C(NC1CCOCC1)c1csc([C@H]2C[C@@H]2NC2CCC2)c1. The Hall–Kier alpha value is -0.910. The van der Waals surface area contributed by atoms with Crippen molar-refractivity contribution in [1.29, 1.82) is 0 Å². The van der Waals surface area contributed by atoms with Crippen LogP contribution in [0.2, 0.25) is 0 Å². The molecular weight excluding hydrogens is 296 g/mol. The van der Waals surface area contributed by atoms with Gasteiger partial charge in [0.1, 0.15) is 0 Å². The molecule has 2 atom stereocenters. The van der Waals surface area contributed by atoms with Gasteiger partial charge in [-0.05, 0) is 38.2 Å². The molecule has 2 heterocycles. The topological polar surface area (TPSA) is 50.4 Å². The van der Waals surface area contributed by atoms with Crippen LogP contribution in [-0.4, -0.2) is 37.2 Å². The molecule has 1 aliphatic heterocycles. The minimum atomic E-state index is 0.0820. The van der Waals surface area contributed by atoms with Crippen LogP contribution >= 0.6 is 11.3 Å². The molecule has 5 heteroatoms. The predicted octanol–water partition coefficient (Wildman–Crippen LogP) is 2.65. The van der Waals surface area contributed by atoms with Crippen LogP contribution in [0.1, 0.15) is 59.7 Å². The lowest BCUT2D eigenvalue weighted by Gasteiger charge is -2.26. The van der Waals surface area contributed by atoms with Gasteiger partial charge in [-0.1, -0.05) is 6.42 Å². The highest BCUT2D eigenvalue weighted by Crippen LogP contribution is 2.44. The Bertz CT molecular complexity index is 535. The molecule has 120 valence electrons. The van der Waals surface area contributed by atoms with Crippen LogP contribution in [0.15, 0.2) is 11.4 Å². The summed E-state index contributed by atoms with van der Waals surface area (Å²) in [6, 6.07) is 3.78. The molecule has 4 rings (SSSR count). The van der Waals surface area contributed by atoms with E-state index in [2.05, 4.69) is 16.7 Å². The van der Waals surface area contributed by atoms with Gasteiger partial charge in [-0.25, -0.2) is 0 Å². The minimum absolute atomic E-state index is 0.0820. The van der Waals surface area contributed by atoms with Crippen molar-refractivity contribution >= 4 is 17.2 Å². The fourth-order valence-corrected chi connectivity index (χ4v) is 4.42. The lowest BCUT2D eigenvalue weighted by molar-refractivity contribution is 0.0696. The molecule has 2 aliphatic carbocycles. The summed E-state index contributed by atoms with van der Waals surface area (Å²) in [5.74, 6) is 0.716. The number of thiophene rings is 1. The first-order valence-electron chi connectivity index (χ1n) is 8.52. The van der Waals surface area contributed by atoms with Crippen LogP contribution in [0.4, 0.5) is 0 Å². The van der Waals surface area contributed by atoms with Crippen LogP contribution in [-0.2, 0) is 4.74 Å². The molecule has 2 saturated carbocycles. The summed E-state index contributed by atoms with van der Waals surface area (Å²) in [5.41, 5.74) is 0.834. The second-order valence-corrected chi connectivity index (χ2v) is 7.78. The smallest absolute Gasteiger partial charge is 0.252 e. The van der Waals surface area contributed by atoms with Crippen molar-refractivity contribution in [1.82, 2.24) is 10.6 Å². The number of rotatable bonds is 5. The Morgan fingerprint density at radius 3 is 2.73 bits per heavy atom. The third kappa shape index (κ3) is 3.21. The fourth-order valence-electron chi connectivity index (χ4n) is 3.35. The molecule has 1 aromatic rings. The number of hydrogen-bond acceptors (Lipinski definition) is 4. The van der Waals surface area contributed by atoms with Crippen molar-refractivity contribution in [3.05, 3.63) is 21.9 Å². The molecule has 22 heavy (non-hydrogen) atoms. The monoisotopic (exact) mass is 320 g/mol. The maximum atomic E-state index is 12.3. The van der Waals surface area contributed by atoms with Crippen LogP contribution in [0.25, 0.3) is 0 Å². The zero-order valence-corrected chi connectivity index (χ0v) is 13.7. The van der Waals surface area contributed by atoms with E-state index < -0.39 is 0 Å². The van der Waals surface area contributed by atoms with E-state index in [0.717, 1.165) is 37.7 Å². The largest absolute Gasteiger partial charge is 0.381 e. The van der Waals surface area contributed by atoms with Gasteiger partial charge in [0.25, 0.3) is 5.91 Å². The Morgan fingerprint density at radius 1 is 1.18 bits per heavy atom. The minimum Gasteiger partial charge on any atom is -0.381 e. The maximum absolute atomic E-state index is 12.3. The van der Waals surface area contributed by atoms with Crippen molar-refractivity contribution in [3.63, 3.8) is 0 Å². The lowest BCUT2D eigenvalue weighted by atomic mass is 9.93. The number of carbonyl (C=O) groups is 1. The summed E-state index contributed by atoms with van der Waals surface area (Å²) in [4.78, 5) is 13.7. The Morgan fingerprint density at radius 2 is 2.00 bits per heavy atom. The van der Waals surface area contributed by atoms with E-state index in [-0.39, 0.29) is 11.9 Å². The second-order valence-electron chi connectivity index (χ2n) is 6.84. The molecule has 1 amide bonds. The van der Waals surface area contributed by atoms with Gasteiger partial charge in [0.2, 0.25) is 0 Å². The molecule has 1 aromatic heterocycles. The molecule has 4 nitrogen and oxygen atoms in total. The summed E-state index contributed by atoms with van der Waals surface area (Å²) in [5, 5.41) is 8.89. The first kappa shape index (κ1) is 14.7. The highest BCUT2D eigenvalue weighted by Gasteiger charge is 2.41. The molecule has 0 aromatic carbocycles. The molecule has 0 spiro atoms. The van der Waals surface area contributed by atoms with E-state index in [1.54, 1.807) is 11.3 Å². The summed E-state index contributed by atoms with van der Waals surface area (Å²) in [6.45, 7) is 1.52. The van der Waals surface area contributed by atoms with Gasteiger partial charge in [0.15, 0.2) is 0 Å². The van der Waals surface area contributed by atoms with Gasteiger partial charge < -0.3 is 15.4 Å². The standard InChI is InChI=1S/C17H24N2O2S/c20-17(19-13-4-6-21-7-5-13)11-8-16(22-10-11)14-9-15(14)18-12-2-1-3-12/h8,10,12-15,18H,1-7,9H2,(H,19,20)/t14-,15-/m0/s1. The summed E-state index contributed by atoms with van der Waals surface area (Å²) >= 11 is 1.74. The number of hydrogen-bond donors (Lipinski definition) is 2. The van der Waals surface area contributed by atoms with Gasteiger partial charge >= 0.3 is 0 Å². The zero-order chi connectivity index (χ0) is 14.9. The molecule has 3 aliphatic rings. The third-order valence-electron chi connectivity index (χ3n) is 5.15. The van der Waals surface area contributed by atoms with Crippen molar-refractivity contribution in [2.75, 3.05) is 13.2 Å². The van der Waals surface area contributed by atoms with E-state index >= 15 is 0 Å². The number of carbonyl (C=O) groups excluding carboxylic acids is 1. The first-order chi connectivity index (χ1) is 10.8. The third-order valence-corrected chi connectivity index (χ3v) is 6.21. The van der Waals surface area contributed by atoms with Crippen LogP contribution < -0.4 is 10.6 Å². The van der Waals surface area contributed by atoms with Gasteiger partial charge in [-0.2, -0.15) is 0 Å². The van der Waals surface area contributed by atoms with Gasteiger partial charge in [0.05, 0.1) is 5.56 Å². The Balaban J connectivity index is 1.30. The molecule has 0 radical (unpaired) electrons. The molecule has 1 saturated heterocycles.